The summed E-state index contributed by atoms with van der Waals surface area (Å²) in [5.74, 6) is -0.548. The maximum absolute atomic E-state index is 11.2. The highest BCUT2D eigenvalue weighted by Crippen LogP contribution is 2.18. The Balaban J connectivity index is 2.44. The first-order valence-corrected chi connectivity index (χ1v) is 5.05. The second-order valence-corrected chi connectivity index (χ2v) is 3.99. The number of anilines is 1. The van der Waals surface area contributed by atoms with Crippen LogP contribution in [0.5, 0.6) is 0 Å². The van der Waals surface area contributed by atoms with Crippen molar-refractivity contribution in [1.82, 2.24) is 25.2 Å². The number of carbonyl (C=O) groups excluding carboxylic acids is 1. The van der Waals surface area contributed by atoms with Crippen molar-refractivity contribution in [1.29, 1.82) is 0 Å². The molecule has 0 aliphatic carbocycles. The highest BCUT2D eigenvalue weighted by molar-refractivity contribution is 7.13. The number of nitrogen functional groups attached to an aromatic ring is 1. The molecular weight excluding hydrogens is 232 g/mol. The number of ether oxygens (including phenoxy) is 1. The van der Waals surface area contributed by atoms with E-state index < -0.39 is 5.97 Å². The SMILES string of the molecule is COC(=O)c1nnn(-c2nnc(C)s2)c1N. The van der Waals surface area contributed by atoms with Crippen LogP contribution < -0.4 is 5.73 Å². The summed E-state index contributed by atoms with van der Waals surface area (Å²) in [6, 6.07) is 0. The number of aromatic nitrogens is 5. The summed E-state index contributed by atoms with van der Waals surface area (Å²) < 4.78 is 5.75. The second-order valence-electron chi connectivity index (χ2n) is 2.83. The van der Waals surface area contributed by atoms with Gasteiger partial charge in [0.2, 0.25) is 10.8 Å². The number of rotatable bonds is 2. The minimum atomic E-state index is -0.634. The van der Waals surface area contributed by atoms with Crippen LogP contribution in [-0.2, 0) is 4.74 Å². The maximum atomic E-state index is 11.2. The molecule has 9 heteroatoms. The summed E-state index contributed by atoms with van der Waals surface area (Å²) in [6.07, 6.45) is 0. The number of esters is 1. The predicted octanol–water partition coefficient (Wildman–Crippen LogP) is -0.204. The van der Waals surface area contributed by atoms with Gasteiger partial charge >= 0.3 is 5.97 Å². The first-order chi connectivity index (χ1) is 7.63. The third-order valence-corrected chi connectivity index (χ3v) is 2.59. The van der Waals surface area contributed by atoms with Crippen LogP contribution in [0.4, 0.5) is 5.82 Å². The lowest BCUT2D eigenvalue weighted by atomic mass is 10.4. The maximum Gasteiger partial charge on any atom is 0.362 e. The van der Waals surface area contributed by atoms with Crippen LogP contribution in [0.3, 0.4) is 0 Å². The molecule has 0 amide bonds. The molecule has 0 atom stereocenters. The van der Waals surface area contributed by atoms with Crippen molar-refractivity contribution in [2.75, 3.05) is 12.8 Å². The molecule has 84 valence electrons. The molecule has 0 spiro atoms. The van der Waals surface area contributed by atoms with Crippen LogP contribution in [-0.4, -0.2) is 38.3 Å². The summed E-state index contributed by atoms with van der Waals surface area (Å²) in [4.78, 5) is 11.2. The molecular formula is C7H8N6O2S. The van der Waals surface area contributed by atoms with E-state index in [-0.39, 0.29) is 11.5 Å². The minimum absolute atomic E-state index is 0.0321. The van der Waals surface area contributed by atoms with Gasteiger partial charge in [0, 0.05) is 0 Å². The molecule has 2 N–H and O–H groups in total. The summed E-state index contributed by atoms with van der Waals surface area (Å²) in [5.41, 5.74) is 5.67. The lowest BCUT2D eigenvalue weighted by Gasteiger charge is -1.96. The van der Waals surface area contributed by atoms with Gasteiger partial charge in [-0.3, -0.25) is 0 Å². The smallest absolute Gasteiger partial charge is 0.362 e. The van der Waals surface area contributed by atoms with E-state index in [2.05, 4.69) is 25.2 Å². The van der Waals surface area contributed by atoms with Crippen LogP contribution in [0.25, 0.3) is 5.13 Å². The molecule has 2 heterocycles. The van der Waals surface area contributed by atoms with Crippen molar-refractivity contribution in [3.05, 3.63) is 10.7 Å². The third kappa shape index (κ3) is 1.60. The Bertz CT molecular complexity index is 533. The molecule has 2 rings (SSSR count). The van der Waals surface area contributed by atoms with Gasteiger partial charge in [-0.2, -0.15) is 4.68 Å². The largest absolute Gasteiger partial charge is 0.464 e. The number of nitrogens with zero attached hydrogens (tertiary/aromatic N) is 5. The normalized spacial score (nSPS) is 10.4. The Morgan fingerprint density at radius 1 is 1.44 bits per heavy atom. The lowest BCUT2D eigenvalue weighted by Crippen LogP contribution is -2.07. The van der Waals surface area contributed by atoms with Gasteiger partial charge in [-0.15, -0.1) is 15.3 Å². The fourth-order valence-electron chi connectivity index (χ4n) is 1.04. The number of hydrogen-bond donors (Lipinski definition) is 1. The molecule has 0 saturated heterocycles. The van der Waals surface area contributed by atoms with E-state index in [0.29, 0.717) is 5.13 Å². The van der Waals surface area contributed by atoms with Crippen molar-refractivity contribution in [3.63, 3.8) is 0 Å². The van der Waals surface area contributed by atoms with Crippen LogP contribution in [0.2, 0.25) is 0 Å². The molecule has 2 aromatic rings. The summed E-state index contributed by atoms with van der Waals surface area (Å²) in [6.45, 7) is 1.80. The quantitative estimate of drug-likeness (QED) is 0.723. The number of hydrogen-bond acceptors (Lipinski definition) is 8. The lowest BCUT2D eigenvalue weighted by molar-refractivity contribution is 0.0595. The molecule has 0 aliphatic heterocycles. The number of nitrogens with two attached hydrogens (primary N) is 1. The first-order valence-electron chi connectivity index (χ1n) is 4.23. The highest BCUT2D eigenvalue weighted by atomic mass is 32.1. The molecule has 0 fully saturated rings. The predicted molar refractivity (Wildman–Crippen MR) is 55.3 cm³/mol. The molecule has 0 aliphatic rings. The van der Waals surface area contributed by atoms with Crippen LogP contribution >= 0.6 is 11.3 Å². The number of aryl methyl sites for hydroxylation is 1. The van der Waals surface area contributed by atoms with Gasteiger partial charge in [-0.25, -0.2) is 4.79 Å². The molecule has 0 radical (unpaired) electrons. The Labute approximate surface area is 94.0 Å². The Kier molecular flexibility index (Phi) is 2.52. The Morgan fingerprint density at radius 2 is 2.19 bits per heavy atom. The zero-order valence-electron chi connectivity index (χ0n) is 8.54. The van der Waals surface area contributed by atoms with Gasteiger partial charge in [-0.05, 0) is 6.92 Å². The van der Waals surface area contributed by atoms with Crippen LogP contribution in [0, 0.1) is 6.92 Å². The monoisotopic (exact) mass is 240 g/mol. The van der Waals surface area contributed by atoms with Crippen molar-refractivity contribution < 1.29 is 9.53 Å². The van der Waals surface area contributed by atoms with E-state index in [1.165, 1.54) is 23.1 Å². The van der Waals surface area contributed by atoms with E-state index in [1.807, 2.05) is 0 Å². The summed E-state index contributed by atoms with van der Waals surface area (Å²) >= 11 is 1.29. The second kappa shape index (κ2) is 3.85. The van der Waals surface area contributed by atoms with Gasteiger partial charge < -0.3 is 10.5 Å². The summed E-state index contributed by atoms with van der Waals surface area (Å²) in [7, 11) is 1.25. The average molecular weight is 240 g/mol. The van der Waals surface area contributed by atoms with Crippen LogP contribution in [0.15, 0.2) is 0 Å². The van der Waals surface area contributed by atoms with Gasteiger partial charge in [0.15, 0.2) is 5.82 Å². The molecule has 0 bridgehead atoms. The average Bonchev–Trinajstić information content (AvgIpc) is 2.83. The fourth-order valence-corrected chi connectivity index (χ4v) is 1.69. The zero-order chi connectivity index (χ0) is 11.7. The topological polar surface area (TPSA) is 109 Å². The number of methoxy groups -OCH3 is 1. The van der Waals surface area contributed by atoms with Gasteiger partial charge in [-0.1, -0.05) is 16.6 Å². The van der Waals surface area contributed by atoms with Gasteiger partial charge in [0.05, 0.1) is 7.11 Å². The minimum Gasteiger partial charge on any atom is -0.464 e. The molecule has 0 saturated carbocycles. The number of carbonyl (C=O) groups is 1. The van der Waals surface area contributed by atoms with E-state index >= 15 is 0 Å². The van der Waals surface area contributed by atoms with Crippen molar-refractivity contribution in [2.24, 2.45) is 0 Å². The van der Waals surface area contributed by atoms with E-state index in [9.17, 15) is 4.79 Å². The summed E-state index contributed by atoms with van der Waals surface area (Å²) in [5, 5.41) is 16.2. The van der Waals surface area contributed by atoms with Crippen LogP contribution in [0.1, 0.15) is 15.5 Å². The molecule has 2 aromatic heterocycles. The molecule has 8 nitrogen and oxygen atoms in total. The van der Waals surface area contributed by atoms with E-state index in [1.54, 1.807) is 6.92 Å². The van der Waals surface area contributed by atoms with E-state index in [4.69, 9.17) is 5.73 Å². The van der Waals surface area contributed by atoms with E-state index in [0.717, 1.165) is 5.01 Å². The Morgan fingerprint density at radius 3 is 2.75 bits per heavy atom. The third-order valence-electron chi connectivity index (χ3n) is 1.78. The van der Waals surface area contributed by atoms with Gasteiger partial charge in [0.25, 0.3) is 0 Å². The molecule has 0 aromatic carbocycles. The highest BCUT2D eigenvalue weighted by Gasteiger charge is 2.20. The van der Waals surface area contributed by atoms with Crippen molar-refractivity contribution in [2.45, 2.75) is 6.92 Å². The molecule has 16 heavy (non-hydrogen) atoms. The van der Waals surface area contributed by atoms with Crippen molar-refractivity contribution >= 4 is 23.1 Å². The fraction of sp³-hybridized carbons (Fsp3) is 0.286. The van der Waals surface area contributed by atoms with Crippen molar-refractivity contribution in [3.8, 4) is 5.13 Å². The molecule has 0 unspecified atom stereocenters. The Hall–Kier alpha value is -2.03. The van der Waals surface area contributed by atoms with Gasteiger partial charge in [0.1, 0.15) is 5.01 Å². The standard InChI is InChI=1S/C7H8N6O2S/c1-3-9-11-7(16-3)13-5(8)4(10-12-13)6(14)15-2/h8H2,1-2H3. The first kappa shape index (κ1) is 10.5. The zero-order valence-corrected chi connectivity index (χ0v) is 9.35.